The van der Waals surface area contributed by atoms with Crippen LogP contribution in [-0.2, 0) is 5.41 Å². The summed E-state index contributed by atoms with van der Waals surface area (Å²) in [6.07, 6.45) is 1.77. The van der Waals surface area contributed by atoms with Gasteiger partial charge >= 0.3 is 0 Å². The molecule has 3 N–H and O–H groups in total. The summed E-state index contributed by atoms with van der Waals surface area (Å²) in [6.45, 7) is 14.7. The molecule has 0 amide bonds. The Morgan fingerprint density at radius 2 is 1.68 bits per heavy atom. The van der Waals surface area contributed by atoms with Crippen LogP contribution >= 0.6 is 23.1 Å². The smallest absolute Gasteiger partial charge is 0.223 e. The number of aromatic hydroxyl groups is 1. The van der Waals surface area contributed by atoms with Gasteiger partial charge in [-0.2, -0.15) is 5.10 Å². The van der Waals surface area contributed by atoms with Crippen LogP contribution in [0.4, 0.5) is 5.13 Å². The van der Waals surface area contributed by atoms with Crippen LogP contribution in [-0.4, -0.2) is 48.5 Å². The number of rotatable bonds is 4. The zero-order valence-corrected chi connectivity index (χ0v) is 24.8. The van der Waals surface area contributed by atoms with Crippen molar-refractivity contribution < 1.29 is 10.2 Å². The van der Waals surface area contributed by atoms with Gasteiger partial charge in [-0.05, 0) is 25.1 Å². The highest BCUT2D eigenvalue weighted by atomic mass is 32.2. The zero-order chi connectivity index (χ0) is 28.1. The number of hydrazone groups is 1. The van der Waals surface area contributed by atoms with Gasteiger partial charge in [0.25, 0.3) is 0 Å². The first-order valence-corrected chi connectivity index (χ1v) is 14.0. The van der Waals surface area contributed by atoms with Crippen molar-refractivity contribution >= 4 is 39.2 Å². The number of aromatic nitrogens is 3. The molecule has 11 heteroatoms. The second-order valence-corrected chi connectivity index (χ2v) is 12.7. The second kappa shape index (κ2) is 12.2. The Bertz CT molecular complexity index is 1260. The van der Waals surface area contributed by atoms with Crippen molar-refractivity contribution in [2.45, 2.75) is 65.3 Å². The van der Waals surface area contributed by atoms with Crippen LogP contribution in [0.2, 0.25) is 0 Å². The molecule has 204 valence electrons. The number of thioether (sulfide) groups is 1. The summed E-state index contributed by atoms with van der Waals surface area (Å²) in [5.74, 6) is 0.734. The molecule has 0 saturated carbocycles. The van der Waals surface area contributed by atoms with E-state index in [0.29, 0.717) is 11.1 Å². The Morgan fingerprint density at radius 3 is 2.26 bits per heavy atom. The number of anilines is 1. The van der Waals surface area contributed by atoms with E-state index in [0.717, 1.165) is 28.4 Å². The number of aliphatic hydroxyl groups is 1. The maximum atomic E-state index is 10.7. The van der Waals surface area contributed by atoms with Crippen molar-refractivity contribution in [1.29, 1.82) is 0 Å². The number of hydrogen-bond acceptors (Lipinski definition) is 9. The van der Waals surface area contributed by atoms with Crippen LogP contribution in [0.15, 0.2) is 58.8 Å². The minimum Gasteiger partial charge on any atom is -0.508 e. The number of phenols is 1. The highest BCUT2D eigenvalue weighted by Gasteiger charge is 2.38. The summed E-state index contributed by atoms with van der Waals surface area (Å²) < 4.78 is 0. The maximum Gasteiger partial charge on any atom is 0.223 e. The van der Waals surface area contributed by atoms with E-state index in [2.05, 4.69) is 62.0 Å². The van der Waals surface area contributed by atoms with Gasteiger partial charge in [0, 0.05) is 29.7 Å². The molecule has 0 saturated heterocycles. The Hall–Kier alpha value is -3.02. The monoisotopic (exact) mass is 555 g/mol. The molecule has 2 aromatic heterocycles. The van der Waals surface area contributed by atoms with E-state index in [4.69, 9.17) is 15.2 Å². The third-order valence-electron chi connectivity index (χ3n) is 5.42. The van der Waals surface area contributed by atoms with Gasteiger partial charge in [-0.3, -0.25) is 10.3 Å². The van der Waals surface area contributed by atoms with Gasteiger partial charge in [-0.15, -0.1) is 10.2 Å². The van der Waals surface area contributed by atoms with E-state index in [9.17, 15) is 5.11 Å². The highest BCUT2D eigenvalue weighted by molar-refractivity contribution is 8.14. The SMILES string of the molecule is CO.C[C@H](N=C(Nc1nnc(C(C)(C)C)s1)N1N=C(C(C)(C)C)S[C@@H]1c1ccccc1O)c1ccccn1. The normalized spacial score (nSPS) is 17.0. The Morgan fingerprint density at radius 1 is 1.00 bits per heavy atom. The quantitative estimate of drug-likeness (QED) is 0.258. The number of hydrogen-bond donors (Lipinski definition) is 3. The van der Waals surface area contributed by atoms with Crippen LogP contribution in [0.25, 0.3) is 0 Å². The minimum atomic E-state index is -0.308. The molecule has 0 spiro atoms. The molecule has 9 nitrogen and oxygen atoms in total. The standard InChI is InChI=1S/C26H33N7OS2.CH4O/c1-16(18-13-10-11-15-27-18)28-23(29-24-31-30-21(36-24)25(2,3)4)33-20(17-12-8-9-14-19(17)34)35-22(32-33)26(5,6)7;1-2/h8-16,20,34H,1-7H3,(H,28,29,31);2H,1H3/t16-,20+;/m0./s1. The molecule has 0 radical (unpaired) electrons. The number of benzene rings is 1. The molecule has 3 aromatic rings. The molecule has 0 unspecified atom stereocenters. The van der Waals surface area contributed by atoms with E-state index in [1.165, 1.54) is 11.3 Å². The van der Waals surface area contributed by atoms with Crippen LogP contribution in [0.5, 0.6) is 5.75 Å². The lowest BCUT2D eigenvalue weighted by molar-refractivity contribution is 0.399. The molecule has 0 aliphatic carbocycles. The summed E-state index contributed by atoms with van der Waals surface area (Å²) in [7, 11) is 1.00. The Balaban J connectivity index is 0.00000195. The van der Waals surface area contributed by atoms with Crippen molar-refractivity contribution in [3.05, 3.63) is 64.9 Å². The third-order valence-corrected chi connectivity index (χ3v) is 8.28. The maximum absolute atomic E-state index is 10.7. The molecule has 38 heavy (non-hydrogen) atoms. The number of para-hydroxylation sites is 1. The van der Waals surface area contributed by atoms with Crippen LogP contribution in [0.3, 0.4) is 0 Å². The molecule has 3 heterocycles. The van der Waals surface area contributed by atoms with Crippen molar-refractivity contribution in [3.8, 4) is 5.75 Å². The van der Waals surface area contributed by atoms with Gasteiger partial charge in [0.05, 0.1) is 11.7 Å². The molecular weight excluding hydrogens is 518 g/mol. The molecule has 1 aliphatic rings. The fraction of sp³-hybridized carbons (Fsp3) is 0.444. The largest absolute Gasteiger partial charge is 0.508 e. The summed E-state index contributed by atoms with van der Waals surface area (Å²) in [6, 6.07) is 12.9. The predicted octanol–water partition coefficient (Wildman–Crippen LogP) is 6.18. The van der Waals surface area contributed by atoms with Crippen molar-refractivity contribution in [2.75, 3.05) is 12.4 Å². The van der Waals surface area contributed by atoms with Gasteiger partial charge < -0.3 is 10.2 Å². The average Bonchev–Trinajstić information content (AvgIpc) is 3.53. The molecule has 0 fully saturated rings. The van der Waals surface area contributed by atoms with E-state index in [1.54, 1.807) is 24.0 Å². The summed E-state index contributed by atoms with van der Waals surface area (Å²) in [4.78, 5) is 9.51. The fourth-order valence-electron chi connectivity index (χ4n) is 3.40. The van der Waals surface area contributed by atoms with Crippen molar-refractivity contribution in [3.63, 3.8) is 0 Å². The number of phenolic OH excluding ortho intramolecular Hbond substituents is 1. The highest BCUT2D eigenvalue weighted by Crippen LogP contribution is 2.47. The van der Waals surface area contributed by atoms with E-state index in [1.807, 2.05) is 48.3 Å². The van der Waals surface area contributed by atoms with E-state index >= 15 is 0 Å². The van der Waals surface area contributed by atoms with Crippen molar-refractivity contribution in [2.24, 2.45) is 15.5 Å². The topological polar surface area (TPSA) is 119 Å². The van der Waals surface area contributed by atoms with Crippen LogP contribution < -0.4 is 5.32 Å². The third kappa shape index (κ3) is 7.09. The molecule has 2 atom stereocenters. The first kappa shape index (κ1) is 29.5. The van der Waals surface area contributed by atoms with Crippen LogP contribution in [0, 0.1) is 5.41 Å². The summed E-state index contributed by atoms with van der Waals surface area (Å²) >= 11 is 3.11. The minimum absolute atomic E-state index is 0.116. The lowest BCUT2D eigenvalue weighted by atomic mass is 9.98. The second-order valence-electron chi connectivity index (χ2n) is 10.7. The summed E-state index contributed by atoms with van der Waals surface area (Å²) in [5, 5.41) is 38.9. The van der Waals surface area contributed by atoms with Crippen LogP contribution in [0.1, 0.15) is 76.1 Å². The molecule has 0 bridgehead atoms. The number of pyridine rings is 1. The fourth-order valence-corrected chi connectivity index (χ4v) is 5.47. The lowest BCUT2D eigenvalue weighted by Gasteiger charge is -2.25. The summed E-state index contributed by atoms with van der Waals surface area (Å²) in [5.41, 5.74) is 1.31. The molecule has 4 rings (SSSR count). The molecule has 1 aliphatic heterocycles. The van der Waals surface area contributed by atoms with E-state index < -0.39 is 0 Å². The lowest BCUT2D eigenvalue weighted by Crippen LogP contribution is -2.33. The van der Waals surface area contributed by atoms with Gasteiger partial charge in [0.15, 0.2) is 0 Å². The van der Waals surface area contributed by atoms with E-state index in [-0.39, 0.29) is 28.0 Å². The predicted molar refractivity (Wildman–Crippen MR) is 158 cm³/mol. The van der Waals surface area contributed by atoms with Gasteiger partial charge in [0.1, 0.15) is 21.2 Å². The molecular formula is C27H37N7O2S2. The Labute approximate surface area is 233 Å². The Kier molecular flexibility index (Phi) is 9.50. The van der Waals surface area contributed by atoms with Gasteiger partial charge in [0.2, 0.25) is 11.1 Å². The van der Waals surface area contributed by atoms with Gasteiger partial charge in [-0.1, -0.05) is 88.9 Å². The number of nitrogens with one attached hydrogen (secondary N) is 1. The first-order valence-electron chi connectivity index (χ1n) is 12.3. The van der Waals surface area contributed by atoms with Gasteiger partial charge in [-0.25, -0.2) is 10.0 Å². The number of nitrogens with zero attached hydrogens (tertiary/aromatic N) is 6. The number of guanidine groups is 1. The number of aliphatic hydroxyl groups excluding tert-OH is 1. The average molecular weight is 556 g/mol. The zero-order valence-electron chi connectivity index (χ0n) is 23.2. The van der Waals surface area contributed by atoms with Crippen molar-refractivity contribution in [1.82, 2.24) is 20.2 Å². The molecule has 1 aromatic carbocycles. The number of aliphatic imine (C=N–C) groups is 1. The first-order chi connectivity index (χ1) is 17.9.